The molecule has 0 rings (SSSR count). The highest BCUT2D eigenvalue weighted by Gasteiger charge is 1.83. The second-order valence-corrected chi connectivity index (χ2v) is 9.28. The quantitative estimate of drug-likeness (QED) is 0.108. The molecule has 0 saturated heterocycles. The van der Waals surface area contributed by atoms with Gasteiger partial charge in [-0.25, -0.2) is 0 Å². The van der Waals surface area contributed by atoms with Gasteiger partial charge in [-0.05, 0) is 51.4 Å². The Bertz CT molecular complexity index is 312. The third-order valence-electron chi connectivity index (χ3n) is 5.31. The Hall–Kier alpha value is -1.30. The molecule has 0 heterocycles. The van der Waals surface area contributed by atoms with Gasteiger partial charge in [-0.3, -0.25) is 0 Å². The molecular formula is C36H72. The predicted molar refractivity (Wildman–Crippen MR) is 176 cm³/mol. The van der Waals surface area contributed by atoms with Crippen molar-refractivity contribution in [2.75, 3.05) is 0 Å². The van der Waals surface area contributed by atoms with Crippen molar-refractivity contribution in [2.45, 2.75) is 169 Å². The molecule has 216 valence electrons. The normalized spacial score (nSPS) is 8.81. The molecule has 0 aliphatic carbocycles. The van der Waals surface area contributed by atoms with E-state index in [2.05, 4.69) is 67.5 Å². The van der Waals surface area contributed by atoms with Gasteiger partial charge in [0, 0.05) is 0 Å². The molecule has 0 amide bonds. The van der Waals surface area contributed by atoms with E-state index in [1.807, 2.05) is 30.4 Å². The van der Waals surface area contributed by atoms with E-state index in [9.17, 15) is 0 Å². The lowest BCUT2D eigenvalue weighted by molar-refractivity contribution is 0.675. The SMILES string of the molecule is C=CCCCC.C=CCCCC.C=CCCCCCC.C=CCCCCCC.C=CCCCCCC. The van der Waals surface area contributed by atoms with Crippen LogP contribution in [0.3, 0.4) is 0 Å². The second kappa shape index (κ2) is 59.1. The fourth-order valence-electron chi connectivity index (χ4n) is 2.84. The molecular weight excluding hydrogens is 432 g/mol. The van der Waals surface area contributed by atoms with E-state index >= 15 is 0 Å². The van der Waals surface area contributed by atoms with Crippen molar-refractivity contribution < 1.29 is 0 Å². The van der Waals surface area contributed by atoms with Crippen molar-refractivity contribution in [2.24, 2.45) is 0 Å². The molecule has 0 aliphatic heterocycles. The maximum absolute atomic E-state index is 3.66. The van der Waals surface area contributed by atoms with Gasteiger partial charge in [0.25, 0.3) is 0 Å². The summed E-state index contributed by atoms with van der Waals surface area (Å²) in [7, 11) is 0. The Morgan fingerprint density at radius 3 is 0.611 bits per heavy atom. The maximum Gasteiger partial charge on any atom is -0.0353 e. The summed E-state index contributed by atoms with van der Waals surface area (Å²) in [5, 5.41) is 0. The summed E-state index contributed by atoms with van der Waals surface area (Å²) in [5.41, 5.74) is 0. The molecule has 0 radical (unpaired) electrons. The standard InChI is InChI=1S/3C8H16.2C6H12/c3*1-3-5-7-8-6-4-2;2*1-3-5-6-4-2/h3*3H,1,4-8H2,2H3;2*3H,1,4-6H2,2H3. The van der Waals surface area contributed by atoms with Crippen LogP contribution in [-0.4, -0.2) is 0 Å². The van der Waals surface area contributed by atoms with Crippen molar-refractivity contribution in [3.8, 4) is 0 Å². The minimum atomic E-state index is 1.18. The number of unbranched alkanes of at least 4 members (excludes halogenated alkanes) is 16. The number of allylic oxidation sites excluding steroid dienone is 5. The van der Waals surface area contributed by atoms with Crippen LogP contribution in [0.15, 0.2) is 63.3 Å². The highest BCUT2D eigenvalue weighted by atomic mass is 13.9. The fraction of sp³-hybridized carbons (Fsp3) is 0.722. The molecule has 0 N–H and O–H groups in total. The molecule has 0 atom stereocenters. The summed E-state index contributed by atoms with van der Waals surface area (Å²) in [6, 6.07) is 0. The third kappa shape index (κ3) is 84.7. The van der Waals surface area contributed by atoms with Gasteiger partial charge in [-0.1, -0.05) is 148 Å². The van der Waals surface area contributed by atoms with Crippen molar-refractivity contribution in [3.05, 3.63) is 63.3 Å². The molecule has 0 unspecified atom stereocenters. The molecule has 0 saturated carbocycles. The van der Waals surface area contributed by atoms with Gasteiger partial charge < -0.3 is 0 Å². The molecule has 0 aromatic rings. The van der Waals surface area contributed by atoms with E-state index in [0.717, 1.165) is 0 Å². The summed E-state index contributed by atoms with van der Waals surface area (Å²) in [4.78, 5) is 0. The van der Waals surface area contributed by atoms with E-state index < -0.39 is 0 Å². The average molecular weight is 505 g/mol. The summed E-state index contributed by atoms with van der Waals surface area (Å²) in [6.07, 6.45) is 37.3. The Balaban J connectivity index is -0.000000112. The van der Waals surface area contributed by atoms with Gasteiger partial charge >= 0.3 is 0 Å². The maximum atomic E-state index is 3.66. The Morgan fingerprint density at radius 2 is 0.472 bits per heavy atom. The van der Waals surface area contributed by atoms with Crippen molar-refractivity contribution in [1.82, 2.24) is 0 Å². The van der Waals surface area contributed by atoms with E-state index in [0.29, 0.717) is 0 Å². The molecule has 0 bridgehead atoms. The highest BCUT2D eigenvalue weighted by Crippen LogP contribution is 2.02. The Morgan fingerprint density at radius 1 is 0.278 bits per heavy atom. The van der Waals surface area contributed by atoms with E-state index in [-0.39, 0.29) is 0 Å². The summed E-state index contributed by atoms with van der Waals surface area (Å²) >= 11 is 0. The van der Waals surface area contributed by atoms with Crippen LogP contribution in [0.1, 0.15) is 169 Å². The first kappa shape index (κ1) is 44.7. The van der Waals surface area contributed by atoms with Crippen LogP contribution in [0.25, 0.3) is 0 Å². The zero-order chi connectivity index (χ0) is 28.4. The van der Waals surface area contributed by atoms with Crippen LogP contribution >= 0.6 is 0 Å². The zero-order valence-corrected chi connectivity index (χ0v) is 26.3. The lowest BCUT2D eigenvalue weighted by atomic mass is 10.2. The van der Waals surface area contributed by atoms with Gasteiger partial charge in [-0.2, -0.15) is 0 Å². The van der Waals surface area contributed by atoms with E-state index in [4.69, 9.17) is 0 Å². The fourth-order valence-corrected chi connectivity index (χ4v) is 2.84. The van der Waals surface area contributed by atoms with Gasteiger partial charge in [0.15, 0.2) is 0 Å². The Kier molecular flexibility index (Phi) is 73.3. The summed E-state index contributed by atoms with van der Waals surface area (Å²) in [6.45, 7) is 29.2. The molecule has 0 aliphatic rings. The monoisotopic (exact) mass is 505 g/mol. The van der Waals surface area contributed by atoms with Crippen molar-refractivity contribution >= 4 is 0 Å². The molecule has 36 heavy (non-hydrogen) atoms. The summed E-state index contributed by atoms with van der Waals surface area (Å²) < 4.78 is 0. The van der Waals surface area contributed by atoms with Gasteiger partial charge in [-0.15, -0.1) is 32.9 Å². The van der Waals surface area contributed by atoms with Crippen molar-refractivity contribution in [1.29, 1.82) is 0 Å². The van der Waals surface area contributed by atoms with Crippen LogP contribution in [0.2, 0.25) is 0 Å². The molecule has 0 spiro atoms. The first-order valence-corrected chi connectivity index (χ1v) is 15.6. The van der Waals surface area contributed by atoms with Gasteiger partial charge in [0.2, 0.25) is 0 Å². The smallest absolute Gasteiger partial charge is 0.0353 e. The number of hydrogen-bond donors (Lipinski definition) is 0. The first-order valence-electron chi connectivity index (χ1n) is 15.6. The topological polar surface area (TPSA) is 0 Å². The van der Waals surface area contributed by atoms with Crippen molar-refractivity contribution in [3.63, 3.8) is 0 Å². The lowest BCUT2D eigenvalue weighted by Gasteiger charge is -1.91. The number of hydrogen-bond acceptors (Lipinski definition) is 0. The highest BCUT2D eigenvalue weighted by molar-refractivity contribution is 4.66. The largest absolute Gasteiger partial charge is 0.103 e. The number of rotatable bonds is 21. The predicted octanol–water partition coefficient (Wildman–Crippen LogP) is 14.2. The van der Waals surface area contributed by atoms with Crippen LogP contribution < -0.4 is 0 Å². The second-order valence-electron chi connectivity index (χ2n) is 9.28. The lowest BCUT2D eigenvalue weighted by Crippen LogP contribution is -1.71. The van der Waals surface area contributed by atoms with Gasteiger partial charge in [0.05, 0.1) is 0 Å². The van der Waals surface area contributed by atoms with E-state index in [1.54, 1.807) is 0 Å². The third-order valence-corrected chi connectivity index (χ3v) is 5.31. The van der Waals surface area contributed by atoms with Gasteiger partial charge in [0.1, 0.15) is 0 Å². The van der Waals surface area contributed by atoms with Crippen LogP contribution in [0.4, 0.5) is 0 Å². The molecule has 0 nitrogen and oxygen atoms in total. The molecule has 0 heteroatoms. The molecule has 0 aromatic heterocycles. The molecule has 0 aromatic carbocycles. The zero-order valence-electron chi connectivity index (χ0n) is 26.3. The minimum absolute atomic E-state index is 1.18. The summed E-state index contributed by atoms with van der Waals surface area (Å²) in [5.74, 6) is 0. The molecule has 0 fully saturated rings. The minimum Gasteiger partial charge on any atom is -0.103 e. The van der Waals surface area contributed by atoms with Crippen LogP contribution in [0, 0.1) is 0 Å². The first-order chi connectivity index (χ1) is 17.6. The van der Waals surface area contributed by atoms with Crippen LogP contribution in [-0.2, 0) is 0 Å². The van der Waals surface area contributed by atoms with E-state index in [1.165, 1.54) is 135 Å². The van der Waals surface area contributed by atoms with Crippen LogP contribution in [0.5, 0.6) is 0 Å². The Labute approximate surface area is 232 Å². The average Bonchev–Trinajstić information content (AvgIpc) is 2.91.